The number of Topliss-reactive ketones (excluding diaryl/α,β-unsaturated/α-hetero) is 1. The number of ketones is 1. The average molecular weight is 384 g/mol. The molecular formula is C19H14BrNO3. The predicted molar refractivity (Wildman–Crippen MR) is 93.3 cm³/mol. The quantitative estimate of drug-likeness (QED) is 0.742. The topological polar surface area (TPSA) is 46.6 Å². The number of fused-ring (bicyclic) bond motifs is 2. The SMILES string of the molecule is C=C1OC2(CC1=O)C(=O)N(Cc1ccccc1)c1cc(Br)ccc12. The van der Waals surface area contributed by atoms with E-state index >= 15 is 0 Å². The minimum atomic E-state index is -1.26. The molecule has 2 aromatic rings. The highest BCUT2D eigenvalue weighted by Crippen LogP contribution is 2.50. The molecule has 2 aliphatic heterocycles. The van der Waals surface area contributed by atoms with Crippen molar-refractivity contribution in [3.8, 4) is 0 Å². The van der Waals surface area contributed by atoms with Crippen molar-refractivity contribution in [3.63, 3.8) is 0 Å². The molecule has 0 radical (unpaired) electrons. The fraction of sp³-hybridized carbons (Fsp3) is 0.158. The number of nitrogens with zero attached hydrogens (tertiary/aromatic N) is 1. The van der Waals surface area contributed by atoms with Gasteiger partial charge in [0, 0.05) is 10.0 Å². The normalized spacial score (nSPS) is 22.2. The Labute approximate surface area is 147 Å². The number of hydrogen-bond acceptors (Lipinski definition) is 3. The van der Waals surface area contributed by atoms with Crippen molar-refractivity contribution >= 4 is 33.3 Å². The van der Waals surface area contributed by atoms with Crippen molar-refractivity contribution in [3.05, 3.63) is 76.5 Å². The first-order valence-electron chi connectivity index (χ1n) is 7.58. The minimum absolute atomic E-state index is 0.00455. The number of carbonyl (C=O) groups is 2. The van der Waals surface area contributed by atoms with Gasteiger partial charge in [0.15, 0.2) is 5.76 Å². The van der Waals surface area contributed by atoms with Crippen LogP contribution in [-0.2, 0) is 26.5 Å². The molecule has 1 amide bonds. The van der Waals surface area contributed by atoms with Crippen molar-refractivity contribution in [1.82, 2.24) is 0 Å². The maximum Gasteiger partial charge on any atom is 0.276 e. The molecule has 1 unspecified atom stereocenters. The van der Waals surface area contributed by atoms with Crippen molar-refractivity contribution in [2.24, 2.45) is 0 Å². The van der Waals surface area contributed by atoms with Gasteiger partial charge >= 0.3 is 0 Å². The standard InChI is InChI=1S/C19H14BrNO3/c1-12-17(22)10-19(24-12)15-8-7-14(20)9-16(15)21(18(19)23)11-13-5-3-2-4-6-13/h2-9H,1,10-11H2. The Morgan fingerprint density at radius 1 is 1.17 bits per heavy atom. The lowest BCUT2D eigenvalue weighted by molar-refractivity contribution is -0.135. The third kappa shape index (κ3) is 2.12. The van der Waals surface area contributed by atoms with Gasteiger partial charge in [0.05, 0.1) is 18.7 Å². The van der Waals surface area contributed by atoms with Crippen molar-refractivity contribution in [2.45, 2.75) is 18.6 Å². The molecule has 1 spiro atoms. The summed E-state index contributed by atoms with van der Waals surface area (Å²) in [4.78, 5) is 26.9. The number of ether oxygens (including phenoxy) is 1. The van der Waals surface area contributed by atoms with E-state index in [1.807, 2.05) is 48.5 Å². The zero-order valence-electron chi connectivity index (χ0n) is 12.8. The predicted octanol–water partition coefficient (Wildman–Crippen LogP) is 3.69. The maximum absolute atomic E-state index is 13.2. The second-order valence-corrected chi connectivity index (χ2v) is 6.91. The second kappa shape index (κ2) is 5.31. The van der Waals surface area contributed by atoms with Crippen LogP contribution in [0.3, 0.4) is 0 Å². The van der Waals surface area contributed by atoms with Crippen LogP contribution in [0.15, 0.2) is 65.3 Å². The summed E-state index contributed by atoms with van der Waals surface area (Å²) in [6.07, 6.45) is 0.00455. The Morgan fingerprint density at radius 2 is 1.92 bits per heavy atom. The van der Waals surface area contributed by atoms with Crippen LogP contribution in [0.5, 0.6) is 0 Å². The molecule has 120 valence electrons. The van der Waals surface area contributed by atoms with Crippen LogP contribution in [0.1, 0.15) is 17.5 Å². The van der Waals surface area contributed by atoms with Gasteiger partial charge in [-0.25, -0.2) is 0 Å². The fourth-order valence-corrected chi connectivity index (χ4v) is 3.68. The molecule has 0 aromatic heterocycles. The molecule has 2 aromatic carbocycles. The summed E-state index contributed by atoms with van der Waals surface area (Å²) >= 11 is 3.46. The highest BCUT2D eigenvalue weighted by atomic mass is 79.9. The molecule has 1 atom stereocenters. The highest BCUT2D eigenvalue weighted by Gasteiger charge is 2.58. The Kier molecular flexibility index (Phi) is 3.35. The Balaban J connectivity index is 1.83. The van der Waals surface area contributed by atoms with E-state index in [0.717, 1.165) is 21.3 Å². The summed E-state index contributed by atoms with van der Waals surface area (Å²) in [6, 6.07) is 15.3. The van der Waals surface area contributed by atoms with Crippen LogP contribution in [0.25, 0.3) is 0 Å². The molecule has 0 N–H and O–H groups in total. The number of benzene rings is 2. The van der Waals surface area contributed by atoms with Crippen molar-refractivity contribution in [1.29, 1.82) is 0 Å². The number of amides is 1. The summed E-state index contributed by atoms with van der Waals surface area (Å²) in [6.45, 7) is 4.06. The van der Waals surface area contributed by atoms with Crippen molar-refractivity contribution in [2.75, 3.05) is 4.90 Å². The van der Waals surface area contributed by atoms with Gasteiger partial charge in [0.2, 0.25) is 11.4 Å². The van der Waals surface area contributed by atoms with Gasteiger partial charge < -0.3 is 9.64 Å². The number of carbonyl (C=O) groups excluding carboxylic acids is 2. The lowest BCUT2D eigenvalue weighted by atomic mass is 9.92. The lowest BCUT2D eigenvalue weighted by Gasteiger charge is -2.22. The van der Waals surface area contributed by atoms with Crippen LogP contribution in [-0.4, -0.2) is 11.7 Å². The Morgan fingerprint density at radius 3 is 2.58 bits per heavy atom. The first-order chi connectivity index (χ1) is 11.5. The van der Waals surface area contributed by atoms with Gasteiger partial charge in [-0.05, 0) is 17.7 Å². The number of rotatable bonds is 2. The number of halogens is 1. The third-order valence-electron chi connectivity index (χ3n) is 4.48. The number of allylic oxidation sites excluding steroid dienone is 1. The van der Waals surface area contributed by atoms with Crippen LogP contribution in [0.2, 0.25) is 0 Å². The molecule has 1 fully saturated rings. The maximum atomic E-state index is 13.2. The summed E-state index contributed by atoms with van der Waals surface area (Å²) in [5.41, 5.74) is 1.23. The van der Waals surface area contributed by atoms with Crippen LogP contribution >= 0.6 is 15.9 Å². The van der Waals surface area contributed by atoms with E-state index in [1.54, 1.807) is 4.90 Å². The van der Waals surface area contributed by atoms with E-state index in [1.165, 1.54) is 0 Å². The molecule has 4 rings (SSSR count). The molecule has 2 heterocycles. The Bertz CT molecular complexity index is 859. The minimum Gasteiger partial charge on any atom is -0.469 e. The van der Waals surface area contributed by atoms with Gasteiger partial charge in [-0.15, -0.1) is 0 Å². The lowest BCUT2D eigenvalue weighted by Crippen LogP contribution is -2.39. The van der Waals surface area contributed by atoms with E-state index in [9.17, 15) is 9.59 Å². The largest absolute Gasteiger partial charge is 0.469 e. The Hall–Kier alpha value is -2.40. The first-order valence-corrected chi connectivity index (χ1v) is 8.37. The van der Waals surface area contributed by atoms with Crippen LogP contribution in [0.4, 0.5) is 5.69 Å². The molecule has 0 aliphatic carbocycles. The number of anilines is 1. The van der Waals surface area contributed by atoms with Gasteiger partial charge in [0.1, 0.15) is 0 Å². The zero-order chi connectivity index (χ0) is 16.9. The summed E-state index contributed by atoms with van der Waals surface area (Å²) < 4.78 is 6.59. The van der Waals surface area contributed by atoms with Gasteiger partial charge in [-0.1, -0.05) is 58.9 Å². The third-order valence-corrected chi connectivity index (χ3v) is 4.97. The van der Waals surface area contributed by atoms with E-state index in [2.05, 4.69) is 22.5 Å². The zero-order valence-corrected chi connectivity index (χ0v) is 14.4. The summed E-state index contributed by atoms with van der Waals surface area (Å²) in [5, 5.41) is 0. The van der Waals surface area contributed by atoms with Gasteiger partial charge in [-0.3, -0.25) is 9.59 Å². The van der Waals surface area contributed by atoms with Gasteiger partial charge in [-0.2, -0.15) is 0 Å². The number of hydrogen-bond donors (Lipinski definition) is 0. The molecule has 1 saturated heterocycles. The highest BCUT2D eigenvalue weighted by molar-refractivity contribution is 9.10. The van der Waals surface area contributed by atoms with E-state index in [0.29, 0.717) is 6.54 Å². The second-order valence-electron chi connectivity index (χ2n) is 5.99. The van der Waals surface area contributed by atoms with E-state index in [-0.39, 0.29) is 23.9 Å². The van der Waals surface area contributed by atoms with Crippen LogP contribution in [0, 0.1) is 0 Å². The van der Waals surface area contributed by atoms with Gasteiger partial charge in [0.25, 0.3) is 5.91 Å². The molecule has 5 heteroatoms. The molecular weight excluding hydrogens is 370 g/mol. The average Bonchev–Trinajstić information content (AvgIpc) is 2.98. The smallest absolute Gasteiger partial charge is 0.276 e. The molecule has 0 saturated carbocycles. The summed E-state index contributed by atoms with van der Waals surface area (Å²) in [5.74, 6) is -0.385. The van der Waals surface area contributed by atoms with E-state index < -0.39 is 5.60 Å². The first kappa shape index (κ1) is 15.1. The molecule has 2 aliphatic rings. The fourth-order valence-electron chi connectivity index (χ4n) is 3.33. The monoisotopic (exact) mass is 383 g/mol. The van der Waals surface area contributed by atoms with E-state index in [4.69, 9.17) is 4.74 Å². The van der Waals surface area contributed by atoms with Crippen molar-refractivity contribution < 1.29 is 14.3 Å². The molecule has 4 nitrogen and oxygen atoms in total. The molecule has 0 bridgehead atoms. The van der Waals surface area contributed by atoms with Crippen LogP contribution < -0.4 is 4.90 Å². The summed E-state index contributed by atoms with van der Waals surface area (Å²) in [7, 11) is 0. The molecule has 24 heavy (non-hydrogen) atoms.